The Bertz CT molecular complexity index is 1330. The average Bonchev–Trinajstić information content (AvgIpc) is 3.34. The van der Waals surface area contributed by atoms with E-state index in [9.17, 15) is 0 Å². The molecule has 3 aromatic carbocycles. The zero-order valence-corrected chi connectivity index (χ0v) is 20.1. The van der Waals surface area contributed by atoms with Crippen molar-refractivity contribution in [3.63, 3.8) is 0 Å². The Hall–Kier alpha value is -4.43. The lowest BCUT2D eigenvalue weighted by atomic mass is 10.1. The van der Waals surface area contributed by atoms with E-state index in [1.807, 2.05) is 72.8 Å². The van der Waals surface area contributed by atoms with E-state index in [-0.39, 0.29) is 6.61 Å². The van der Waals surface area contributed by atoms with Gasteiger partial charge >= 0.3 is 0 Å². The average molecular weight is 478 g/mol. The monoisotopic (exact) mass is 477 g/mol. The van der Waals surface area contributed by atoms with Gasteiger partial charge in [0.15, 0.2) is 18.1 Å². The molecule has 0 fully saturated rings. The number of fused-ring (bicyclic) bond motifs is 1. The Labute approximate surface area is 211 Å². The SMILES string of the molecule is CCCc1ccc(C#Cc2cc(OCc3ccccc3)cc(OCC3Oc4ccccc4O3)n2)cc1. The Morgan fingerprint density at radius 2 is 1.50 bits per heavy atom. The van der Waals surface area contributed by atoms with E-state index in [4.69, 9.17) is 18.9 Å². The summed E-state index contributed by atoms with van der Waals surface area (Å²) in [7, 11) is 0. The zero-order valence-electron chi connectivity index (χ0n) is 20.1. The van der Waals surface area contributed by atoms with Crippen molar-refractivity contribution in [3.05, 3.63) is 113 Å². The molecule has 0 spiro atoms. The molecule has 0 aliphatic carbocycles. The van der Waals surface area contributed by atoms with E-state index in [0.29, 0.717) is 35.4 Å². The van der Waals surface area contributed by atoms with Crippen LogP contribution in [0.4, 0.5) is 0 Å². The third-order valence-corrected chi connectivity index (χ3v) is 5.58. The summed E-state index contributed by atoms with van der Waals surface area (Å²) in [5.74, 6) is 8.78. The summed E-state index contributed by atoms with van der Waals surface area (Å²) in [6, 6.07) is 29.5. The first kappa shape index (κ1) is 23.3. The Balaban J connectivity index is 1.31. The summed E-state index contributed by atoms with van der Waals surface area (Å²) >= 11 is 0. The van der Waals surface area contributed by atoms with Crippen LogP contribution in [-0.4, -0.2) is 17.9 Å². The largest absolute Gasteiger partial charge is 0.489 e. The summed E-state index contributed by atoms with van der Waals surface area (Å²) < 4.78 is 23.6. The molecule has 0 saturated heterocycles. The molecular weight excluding hydrogens is 450 g/mol. The van der Waals surface area contributed by atoms with E-state index in [1.54, 1.807) is 6.07 Å². The highest BCUT2D eigenvalue weighted by molar-refractivity contribution is 5.45. The first-order valence-corrected chi connectivity index (χ1v) is 12.1. The van der Waals surface area contributed by atoms with Gasteiger partial charge in [-0.2, -0.15) is 0 Å². The van der Waals surface area contributed by atoms with Crippen LogP contribution in [0.3, 0.4) is 0 Å². The van der Waals surface area contributed by atoms with Crippen molar-refractivity contribution >= 4 is 0 Å². The zero-order chi connectivity index (χ0) is 24.6. The second-order valence-electron chi connectivity index (χ2n) is 8.42. The molecule has 0 unspecified atom stereocenters. The predicted molar refractivity (Wildman–Crippen MR) is 138 cm³/mol. The molecular formula is C31H27NO4. The molecule has 5 nitrogen and oxygen atoms in total. The fraction of sp³-hybridized carbons (Fsp3) is 0.194. The topological polar surface area (TPSA) is 49.8 Å². The minimum absolute atomic E-state index is 0.176. The molecule has 0 amide bonds. The van der Waals surface area contributed by atoms with Crippen molar-refractivity contribution < 1.29 is 18.9 Å². The van der Waals surface area contributed by atoms with Gasteiger partial charge < -0.3 is 18.9 Å². The van der Waals surface area contributed by atoms with Gasteiger partial charge in [0.25, 0.3) is 6.29 Å². The lowest BCUT2D eigenvalue weighted by Crippen LogP contribution is -2.26. The Morgan fingerprint density at radius 3 is 2.22 bits per heavy atom. The molecule has 0 atom stereocenters. The summed E-state index contributed by atoms with van der Waals surface area (Å²) in [4.78, 5) is 4.57. The summed E-state index contributed by atoms with van der Waals surface area (Å²) in [6.07, 6.45) is 1.64. The molecule has 5 heteroatoms. The molecule has 1 aliphatic rings. The van der Waals surface area contributed by atoms with Gasteiger partial charge in [0.2, 0.25) is 5.88 Å². The van der Waals surface area contributed by atoms with Crippen LogP contribution in [0, 0.1) is 11.8 Å². The molecule has 180 valence electrons. The number of pyridine rings is 1. The number of rotatable bonds is 8. The minimum Gasteiger partial charge on any atom is -0.489 e. The highest BCUT2D eigenvalue weighted by Crippen LogP contribution is 2.34. The number of aryl methyl sites for hydroxylation is 1. The molecule has 4 aromatic rings. The Kier molecular flexibility index (Phi) is 7.34. The molecule has 36 heavy (non-hydrogen) atoms. The molecule has 0 bridgehead atoms. The minimum atomic E-state index is -0.547. The van der Waals surface area contributed by atoms with Crippen LogP contribution in [0.15, 0.2) is 91.0 Å². The lowest BCUT2D eigenvalue weighted by molar-refractivity contribution is 0.00643. The predicted octanol–water partition coefficient (Wildman–Crippen LogP) is 6.19. The maximum absolute atomic E-state index is 6.04. The molecule has 1 aliphatic heterocycles. The van der Waals surface area contributed by atoms with Crippen LogP contribution in [-0.2, 0) is 13.0 Å². The van der Waals surface area contributed by atoms with Gasteiger partial charge in [-0.3, -0.25) is 0 Å². The van der Waals surface area contributed by atoms with Gasteiger partial charge in [-0.25, -0.2) is 4.98 Å². The molecule has 5 rings (SSSR count). The summed E-state index contributed by atoms with van der Waals surface area (Å²) in [5, 5.41) is 0. The van der Waals surface area contributed by atoms with Gasteiger partial charge in [0.05, 0.1) is 0 Å². The fourth-order valence-corrected chi connectivity index (χ4v) is 3.80. The standard InChI is InChI=1S/C31H27NO4/c1-2-8-23-13-15-24(16-14-23)17-18-26-19-27(33-21-25-9-4-3-5-10-25)20-30(32-26)34-22-31-35-28-11-6-7-12-29(28)36-31/h3-7,9-16,19-20,31H,2,8,21-22H2,1H3. The smallest absolute Gasteiger partial charge is 0.275 e. The number of ether oxygens (including phenoxy) is 4. The number of hydrogen-bond acceptors (Lipinski definition) is 5. The fourth-order valence-electron chi connectivity index (χ4n) is 3.80. The number of hydrogen-bond donors (Lipinski definition) is 0. The van der Waals surface area contributed by atoms with E-state index >= 15 is 0 Å². The molecule has 0 radical (unpaired) electrons. The third kappa shape index (κ3) is 6.17. The normalized spacial score (nSPS) is 12.0. The second-order valence-corrected chi connectivity index (χ2v) is 8.42. The van der Waals surface area contributed by atoms with Gasteiger partial charge in [-0.1, -0.05) is 73.9 Å². The van der Waals surface area contributed by atoms with E-state index in [2.05, 4.69) is 35.9 Å². The highest BCUT2D eigenvalue weighted by Gasteiger charge is 2.24. The van der Waals surface area contributed by atoms with Crippen LogP contribution in [0.2, 0.25) is 0 Å². The number of nitrogens with zero attached hydrogens (tertiary/aromatic N) is 1. The van der Waals surface area contributed by atoms with Gasteiger partial charge in [-0.05, 0) is 47.7 Å². The van der Waals surface area contributed by atoms with Crippen LogP contribution < -0.4 is 18.9 Å². The molecule has 2 heterocycles. The van der Waals surface area contributed by atoms with Crippen molar-refractivity contribution in [3.8, 4) is 35.0 Å². The number of para-hydroxylation sites is 2. The van der Waals surface area contributed by atoms with Crippen molar-refractivity contribution in [1.82, 2.24) is 4.98 Å². The maximum atomic E-state index is 6.04. The lowest BCUT2D eigenvalue weighted by Gasteiger charge is -2.13. The van der Waals surface area contributed by atoms with Crippen LogP contribution >= 0.6 is 0 Å². The van der Waals surface area contributed by atoms with Gasteiger partial charge in [0.1, 0.15) is 18.1 Å². The maximum Gasteiger partial charge on any atom is 0.275 e. The van der Waals surface area contributed by atoms with Gasteiger partial charge in [-0.15, -0.1) is 0 Å². The second kappa shape index (κ2) is 11.3. The van der Waals surface area contributed by atoms with Crippen molar-refractivity contribution in [1.29, 1.82) is 0 Å². The first-order chi connectivity index (χ1) is 17.7. The summed E-state index contributed by atoms with van der Waals surface area (Å²) in [6.45, 7) is 2.78. The first-order valence-electron chi connectivity index (χ1n) is 12.1. The molecule has 0 N–H and O–H groups in total. The van der Waals surface area contributed by atoms with E-state index < -0.39 is 6.29 Å². The molecule has 0 saturated carbocycles. The van der Waals surface area contributed by atoms with Crippen molar-refractivity contribution in [2.75, 3.05) is 6.61 Å². The van der Waals surface area contributed by atoms with Crippen molar-refractivity contribution in [2.24, 2.45) is 0 Å². The van der Waals surface area contributed by atoms with Crippen LogP contribution in [0.1, 0.15) is 35.7 Å². The van der Waals surface area contributed by atoms with E-state index in [0.717, 1.165) is 24.0 Å². The molecule has 1 aromatic heterocycles. The number of benzene rings is 3. The third-order valence-electron chi connectivity index (χ3n) is 5.58. The van der Waals surface area contributed by atoms with E-state index in [1.165, 1.54) is 5.56 Å². The van der Waals surface area contributed by atoms with Crippen LogP contribution in [0.25, 0.3) is 0 Å². The van der Waals surface area contributed by atoms with Crippen molar-refractivity contribution in [2.45, 2.75) is 32.7 Å². The number of aromatic nitrogens is 1. The summed E-state index contributed by atoms with van der Waals surface area (Å²) in [5.41, 5.74) is 3.87. The van der Waals surface area contributed by atoms with Crippen LogP contribution in [0.5, 0.6) is 23.1 Å². The Morgan fingerprint density at radius 1 is 0.778 bits per heavy atom. The van der Waals surface area contributed by atoms with Gasteiger partial charge in [0, 0.05) is 17.7 Å². The highest BCUT2D eigenvalue weighted by atomic mass is 16.7. The quantitative estimate of drug-likeness (QED) is 0.283.